The molecule has 1 aliphatic carbocycles. The minimum Gasteiger partial charge on any atom is -0.497 e. The highest BCUT2D eigenvalue weighted by atomic mass is 32.2. The number of imidazole rings is 1. The molecule has 0 amide bonds. The van der Waals surface area contributed by atoms with E-state index in [0.29, 0.717) is 23.9 Å². The third kappa shape index (κ3) is 2.22. The van der Waals surface area contributed by atoms with E-state index < -0.39 is 0 Å². The van der Waals surface area contributed by atoms with E-state index in [1.54, 1.807) is 18.9 Å². The second kappa shape index (κ2) is 4.65. The van der Waals surface area contributed by atoms with Gasteiger partial charge in [0, 0.05) is 24.2 Å². The van der Waals surface area contributed by atoms with Gasteiger partial charge in [-0.2, -0.15) is 0 Å². The van der Waals surface area contributed by atoms with Gasteiger partial charge in [0.25, 0.3) is 0 Å². The summed E-state index contributed by atoms with van der Waals surface area (Å²) in [5, 5.41) is 1.26. The van der Waals surface area contributed by atoms with E-state index in [4.69, 9.17) is 4.74 Å². The van der Waals surface area contributed by atoms with Gasteiger partial charge in [-0.1, -0.05) is 11.8 Å². The lowest BCUT2D eigenvalue weighted by Gasteiger charge is -2.03. The second-order valence-corrected chi connectivity index (χ2v) is 5.74. The normalized spacial score (nSPS) is 19.6. The molecular weight excluding hydrogens is 248 g/mol. The van der Waals surface area contributed by atoms with Crippen LogP contribution in [0.4, 0.5) is 0 Å². The van der Waals surface area contributed by atoms with Crippen molar-refractivity contribution in [1.29, 1.82) is 0 Å². The Bertz CT molecular complexity index is 594. The SMILES string of the molecule is COc1ccc2nc(SC3CCC(=O)C3)[nH]c2c1. The largest absolute Gasteiger partial charge is 0.497 e. The highest BCUT2D eigenvalue weighted by Gasteiger charge is 2.24. The van der Waals surface area contributed by atoms with Gasteiger partial charge in [-0.05, 0) is 18.6 Å². The van der Waals surface area contributed by atoms with E-state index in [9.17, 15) is 4.79 Å². The first-order valence-corrected chi connectivity index (χ1v) is 6.84. The Morgan fingerprint density at radius 3 is 3.11 bits per heavy atom. The fourth-order valence-electron chi connectivity index (χ4n) is 2.19. The number of H-pyrrole nitrogens is 1. The first kappa shape index (κ1) is 11.6. The molecule has 3 rings (SSSR count). The number of carbonyl (C=O) groups excluding carboxylic acids is 1. The van der Waals surface area contributed by atoms with E-state index in [1.807, 2.05) is 18.2 Å². The Labute approximate surface area is 109 Å². The molecule has 0 aliphatic heterocycles. The summed E-state index contributed by atoms with van der Waals surface area (Å²) in [6.07, 6.45) is 2.35. The predicted molar refractivity (Wildman–Crippen MR) is 71.1 cm³/mol. The molecule has 4 nitrogen and oxygen atoms in total. The van der Waals surface area contributed by atoms with Crippen molar-refractivity contribution in [3.8, 4) is 5.75 Å². The minimum atomic E-state index is 0.366. The number of hydrogen-bond acceptors (Lipinski definition) is 4. The Balaban J connectivity index is 1.82. The smallest absolute Gasteiger partial charge is 0.166 e. The van der Waals surface area contributed by atoms with Crippen molar-refractivity contribution in [2.75, 3.05) is 7.11 Å². The molecule has 18 heavy (non-hydrogen) atoms. The number of ketones is 1. The van der Waals surface area contributed by atoms with Crippen LogP contribution in [0.25, 0.3) is 11.0 Å². The van der Waals surface area contributed by atoms with Crippen molar-refractivity contribution >= 4 is 28.6 Å². The zero-order valence-electron chi connectivity index (χ0n) is 10.1. The van der Waals surface area contributed by atoms with Crippen molar-refractivity contribution in [1.82, 2.24) is 9.97 Å². The first-order chi connectivity index (χ1) is 8.74. The molecule has 94 valence electrons. The van der Waals surface area contributed by atoms with Crippen LogP contribution in [0, 0.1) is 0 Å². The van der Waals surface area contributed by atoms with Gasteiger partial charge in [-0.15, -0.1) is 0 Å². The molecule has 0 saturated heterocycles. The zero-order valence-corrected chi connectivity index (χ0v) is 10.9. The van der Waals surface area contributed by atoms with Crippen LogP contribution in [-0.4, -0.2) is 28.1 Å². The molecule has 5 heteroatoms. The van der Waals surface area contributed by atoms with Crippen LogP contribution in [0.1, 0.15) is 19.3 Å². The van der Waals surface area contributed by atoms with Gasteiger partial charge in [0.2, 0.25) is 0 Å². The molecule has 1 saturated carbocycles. The van der Waals surface area contributed by atoms with E-state index >= 15 is 0 Å². The van der Waals surface area contributed by atoms with E-state index in [0.717, 1.165) is 28.4 Å². The molecule has 0 spiro atoms. The van der Waals surface area contributed by atoms with Crippen molar-refractivity contribution in [3.63, 3.8) is 0 Å². The lowest BCUT2D eigenvalue weighted by atomic mass is 10.3. The number of aromatic nitrogens is 2. The minimum absolute atomic E-state index is 0.366. The monoisotopic (exact) mass is 262 g/mol. The summed E-state index contributed by atoms with van der Waals surface area (Å²) in [6.45, 7) is 0. The third-order valence-electron chi connectivity index (χ3n) is 3.15. The summed E-state index contributed by atoms with van der Waals surface area (Å²) in [5.41, 5.74) is 1.91. The number of aromatic amines is 1. The zero-order chi connectivity index (χ0) is 12.5. The number of thioether (sulfide) groups is 1. The van der Waals surface area contributed by atoms with Gasteiger partial charge in [0.1, 0.15) is 11.5 Å². The van der Waals surface area contributed by atoms with Gasteiger partial charge in [-0.3, -0.25) is 4.79 Å². The highest BCUT2D eigenvalue weighted by Crippen LogP contribution is 2.33. The molecule has 1 atom stereocenters. The van der Waals surface area contributed by atoms with Gasteiger partial charge in [0.05, 0.1) is 18.1 Å². The van der Waals surface area contributed by atoms with Crippen molar-refractivity contribution in [2.24, 2.45) is 0 Å². The van der Waals surface area contributed by atoms with Gasteiger partial charge in [-0.25, -0.2) is 4.98 Å². The average molecular weight is 262 g/mol. The predicted octanol–water partition coefficient (Wildman–Crippen LogP) is 2.79. The fraction of sp³-hybridized carbons (Fsp3) is 0.385. The average Bonchev–Trinajstić information content (AvgIpc) is 2.94. The van der Waals surface area contributed by atoms with Crippen LogP contribution in [0.15, 0.2) is 23.4 Å². The number of ether oxygens (including phenoxy) is 1. The van der Waals surface area contributed by atoms with Crippen molar-refractivity contribution in [3.05, 3.63) is 18.2 Å². The molecule has 1 fully saturated rings. The first-order valence-electron chi connectivity index (χ1n) is 5.97. The Hall–Kier alpha value is -1.49. The lowest BCUT2D eigenvalue weighted by Crippen LogP contribution is -1.96. The number of nitrogens with one attached hydrogen (secondary N) is 1. The number of rotatable bonds is 3. The molecule has 1 aliphatic rings. The number of methoxy groups -OCH3 is 1. The summed E-state index contributed by atoms with van der Waals surface area (Å²) in [7, 11) is 1.65. The van der Waals surface area contributed by atoms with E-state index in [2.05, 4.69) is 9.97 Å². The number of Topliss-reactive ketones (excluding diaryl/α,β-unsaturated/α-hetero) is 1. The Kier molecular flexibility index (Phi) is 2.99. The molecule has 1 unspecified atom stereocenters. The number of hydrogen-bond donors (Lipinski definition) is 1. The van der Waals surface area contributed by atoms with Crippen LogP contribution in [-0.2, 0) is 4.79 Å². The van der Waals surface area contributed by atoms with E-state index in [1.165, 1.54) is 0 Å². The van der Waals surface area contributed by atoms with Gasteiger partial charge >= 0.3 is 0 Å². The maximum Gasteiger partial charge on any atom is 0.166 e. The summed E-state index contributed by atoms with van der Waals surface area (Å²) in [4.78, 5) is 19.0. The van der Waals surface area contributed by atoms with Crippen LogP contribution in [0.3, 0.4) is 0 Å². The molecule has 1 heterocycles. The van der Waals surface area contributed by atoms with Crippen LogP contribution < -0.4 is 4.74 Å². The second-order valence-electron chi connectivity index (χ2n) is 4.45. The fourth-order valence-corrected chi connectivity index (χ4v) is 3.33. The summed E-state index contributed by atoms with van der Waals surface area (Å²) < 4.78 is 5.18. The molecule has 0 radical (unpaired) electrons. The number of fused-ring (bicyclic) bond motifs is 1. The third-order valence-corrected chi connectivity index (χ3v) is 4.30. The van der Waals surface area contributed by atoms with Crippen LogP contribution in [0.5, 0.6) is 5.75 Å². The molecule has 1 N–H and O–H groups in total. The van der Waals surface area contributed by atoms with Gasteiger partial charge < -0.3 is 9.72 Å². The summed E-state index contributed by atoms with van der Waals surface area (Å²) in [6, 6.07) is 5.78. The number of carbonyl (C=O) groups is 1. The Morgan fingerprint density at radius 2 is 2.39 bits per heavy atom. The molecular formula is C13H14N2O2S. The standard InChI is InChI=1S/C13H14N2O2S/c1-17-9-3-5-11-12(7-9)15-13(14-11)18-10-4-2-8(16)6-10/h3,5,7,10H,2,4,6H2,1H3,(H,14,15). The number of nitrogens with zero attached hydrogens (tertiary/aromatic N) is 1. The highest BCUT2D eigenvalue weighted by molar-refractivity contribution is 7.99. The Morgan fingerprint density at radius 1 is 1.50 bits per heavy atom. The van der Waals surface area contributed by atoms with Crippen molar-refractivity contribution < 1.29 is 9.53 Å². The summed E-state index contributed by atoms with van der Waals surface area (Å²) in [5.74, 6) is 1.18. The van der Waals surface area contributed by atoms with Crippen LogP contribution >= 0.6 is 11.8 Å². The maximum atomic E-state index is 11.2. The molecule has 1 aromatic heterocycles. The molecule has 2 aromatic rings. The van der Waals surface area contributed by atoms with E-state index in [-0.39, 0.29) is 0 Å². The van der Waals surface area contributed by atoms with Crippen LogP contribution in [0.2, 0.25) is 0 Å². The summed E-state index contributed by atoms with van der Waals surface area (Å²) >= 11 is 1.67. The quantitative estimate of drug-likeness (QED) is 0.924. The van der Waals surface area contributed by atoms with Gasteiger partial charge in [0.15, 0.2) is 5.16 Å². The maximum absolute atomic E-state index is 11.2. The lowest BCUT2D eigenvalue weighted by molar-refractivity contribution is -0.117. The molecule has 1 aromatic carbocycles. The van der Waals surface area contributed by atoms with Crippen molar-refractivity contribution in [2.45, 2.75) is 29.7 Å². The molecule has 0 bridgehead atoms. The number of benzene rings is 1. The topological polar surface area (TPSA) is 55.0 Å².